The van der Waals surface area contributed by atoms with E-state index < -0.39 is 5.97 Å². The standard InChI is InChI=1S/C18H25N3O5S/c1-13(22)21(12-17(24)25)14-4-2-9-20(10-7-14)16(23)6-8-19-18(26)15-5-3-11-27-15/h3,5,11,14H,2,4,6-10,12H2,1H3,(H,19,26)(H,24,25). The molecule has 27 heavy (non-hydrogen) atoms. The molecule has 0 bridgehead atoms. The van der Waals surface area contributed by atoms with E-state index in [9.17, 15) is 19.2 Å². The molecule has 2 heterocycles. The van der Waals surface area contributed by atoms with Crippen LogP contribution < -0.4 is 5.32 Å². The Morgan fingerprint density at radius 3 is 2.70 bits per heavy atom. The smallest absolute Gasteiger partial charge is 0.323 e. The summed E-state index contributed by atoms with van der Waals surface area (Å²) >= 11 is 1.35. The molecule has 1 aliphatic rings. The number of nitrogens with zero attached hydrogens (tertiary/aromatic N) is 2. The van der Waals surface area contributed by atoms with Crippen molar-refractivity contribution in [3.05, 3.63) is 22.4 Å². The van der Waals surface area contributed by atoms with Gasteiger partial charge in [-0.2, -0.15) is 0 Å². The minimum absolute atomic E-state index is 0.0465. The van der Waals surface area contributed by atoms with E-state index in [-0.39, 0.29) is 43.3 Å². The van der Waals surface area contributed by atoms with Crippen LogP contribution in [0.1, 0.15) is 42.3 Å². The second-order valence-corrected chi connectivity index (χ2v) is 7.44. The number of hydrogen-bond donors (Lipinski definition) is 2. The summed E-state index contributed by atoms with van der Waals surface area (Å²) < 4.78 is 0. The van der Waals surface area contributed by atoms with Crippen LogP contribution in [0.15, 0.2) is 17.5 Å². The van der Waals surface area contributed by atoms with Gasteiger partial charge in [-0.15, -0.1) is 11.3 Å². The zero-order valence-corrected chi connectivity index (χ0v) is 16.2. The molecule has 0 aliphatic carbocycles. The van der Waals surface area contributed by atoms with Crippen molar-refractivity contribution in [2.24, 2.45) is 0 Å². The van der Waals surface area contributed by atoms with Crippen LogP contribution in [-0.2, 0) is 14.4 Å². The number of rotatable bonds is 7. The monoisotopic (exact) mass is 395 g/mol. The fraction of sp³-hybridized carbons (Fsp3) is 0.556. The maximum atomic E-state index is 12.4. The number of hydrogen-bond acceptors (Lipinski definition) is 5. The SMILES string of the molecule is CC(=O)N(CC(=O)O)C1CCCN(C(=O)CCNC(=O)c2cccs2)CC1. The topological polar surface area (TPSA) is 107 Å². The van der Waals surface area contributed by atoms with Gasteiger partial charge in [-0.25, -0.2) is 0 Å². The van der Waals surface area contributed by atoms with E-state index in [0.717, 1.165) is 0 Å². The minimum atomic E-state index is -1.04. The fourth-order valence-electron chi connectivity index (χ4n) is 3.22. The Balaban J connectivity index is 1.80. The number of carboxylic acid groups (broad SMARTS) is 1. The molecule has 2 N–H and O–H groups in total. The van der Waals surface area contributed by atoms with Crippen LogP contribution >= 0.6 is 11.3 Å². The van der Waals surface area contributed by atoms with Gasteiger partial charge in [0, 0.05) is 39.0 Å². The molecular formula is C18H25N3O5S. The van der Waals surface area contributed by atoms with Crippen LogP contribution in [0.3, 0.4) is 0 Å². The van der Waals surface area contributed by atoms with Crippen LogP contribution in [0, 0.1) is 0 Å². The maximum Gasteiger partial charge on any atom is 0.323 e. The summed E-state index contributed by atoms with van der Waals surface area (Å²) in [4.78, 5) is 50.7. The number of carbonyl (C=O) groups excluding carboxylic acids is 3. The number of likely N-dealkylation sites (tertiary alicyclic amines) is 1. The Morgan fingerprint density at radius 2 is 2.07 bits per heavy atom. The number of thiophene rings is 1. The first-order valence-electron chi connectivity index (χ1n) is 8.97. The van der Waals surface area contributed by atoms with Crippen molar-refractivity contribution >= 4 is 35.0 Å². The lowest BCUT2D eigenvalue weighted by molar-refractivity contribution is -0.145. The van der Waals surface area contributed by atoms with Gasteiger partial charge in [0.25, 0.3) is 5.91 Å². The first-order valence-corrected chi connectivity index (χ1v) is 9.85. The molecule has 1 saturated heterocycles. The minimum Gasteiger partial charge on any atom is -0.480 e. The Labute approximate surface area is 162 Å². The third-order valence-corrected chi connectivity index (χ3v) is 5.44. The molecule has 1 fully saturated rings. The van der Waals surface area contributed by atoms with Gasteiger partial charge in [0.1, 0.15) is 6.54 Å². The van der Waals surface area contributed by atoms with Gasteiger partial charge in [-0.05, 0) is 30.7 Å². The lowest BCUT2D eigenvalue weighted by Gasteiger charge is -2.28. The van der Waals surface area contributed by atoms with Crippen molar-refractivity contribution in [2.75, 3.05) is 26.2 Å². The zero-order chi connectivity index (χ0) is 19.8. The van der Waals surface area contributed by atoms with E-state index in [0.29, 0.717) is 37.2 Å². The van der Waals surface area contributed by atoms with E-state index in [1.165, 1.54) is 23.2 Å². The van der Waals surface area contributed by atoms with Crippen LogP contribution in [0.25, 0.3) is 0 Å². The average Bonchev–Trinajstić information content (AvgIpc) is 3.04. The van der Waals surface area contributed by atoms with E-state index >= 15 is 0 Å². The Kier molecular flexibility index (Phi) is 7.78. The van der Waals surface area contributed by atoms with E-state index in [1.807, 2.05) is 5.38 Å². The molecule has 0 radical (unpaired) electrons. The second kappa shape index (κ2) is 10.1. The van der Waals surface area contributed by atoms with Gasteiger partial charge in [0.15, 0.2) is 0 Å². The Morgan fingerprint density at radius 1 is 1.30 bits per heavy atom. The number of carboxylic acids is 1. The summed E-state index contributed by atoms with van der Waals surface area (Å²) in [5.41, 5.74) is 0. The van der Waals surface area contributed by atoms with Crippen molar-refractivity contribution in [1.82, 2.24) is 15.1 Å². The van der Waals surface area contributed by atoms with Crippen molar-refractivity contribution < 1.29 is 24.3 Å². The molecule has 0 spiro atoms. The quantitative estimate of drug-likeness (QED) is 0.721. The highest BCUT2D eigenvalue weighted by atomic mass is 32.1. The molecule has 1 aromatic rings. The third-order valence-electron chi connectivity index (χ3n) is 4.57. The predicted molar refractivity (Wildman–Crippen MR) is 101 cm³/mol. The molecule has 9 heteroatoms. The zero-order valence-electron chi connectivity index (χ0n) is 15.3. The van der Waals surface area contributed by atoms with Gasteiger partial charge in [-0.3, -0.25) is 19.2 Å². The van der Waals surface area contributed by atoms with Crippen LogP contribution in [0.5, 0.6) is 0 Å². The highest BCUT2D eigenvalue weighted by molar-refractivity contribution is 7.12. The maximum absolute atomic E-state index is 12.4. The Hall–Kier alpha value is -2.42. The van der Waals surface area contributed by atoms with E-state index in [4.69, 9.17) is 5.11 Å². The third kappa shape index (κ3) is 6.35. The van der Waals surface area contributed by atoms with Gasteiger partial charge < -0.3 is 20.2 Å². The molecule has 1 aliphatic heterocycles. The summed E-state index contributed by atoms with van der Waals surface area (Å²) in [7, 11) is 0. The molecule has 148 valence electrons. The fourth-order valence-corrected chi connectivity index (χ4v) is 3.86. The highest BCUT2D eigenvalue weighted by Crippen LogP contribution is 2.18. The summed E-state index contributed by atoms with van der Waals surface area (Å²) in [5, 5.41) is 13.6. The van der Waals surface area contributed by atoms with Gasteiger partial charge in [0.05, 0.1) is 4.88 Å². The predicted octanol–water partition coefficient (Wildman–Crippen LogP) is 1.18. The molecule has 0 aromatic carbocycles. The van der Waals surface area contributed by atoms with Gasteiger partial charge >= 0.3 is 5.97 Å². The highest BCUT2D eigenvalue weighted by Gasteiger charge is 2.27. The van der Waals surface area contributed by atoms with E-state index in [1.54, 1.807) is 17.0 Å². The van der Waals surface area contributed by atoms with Crippen molar-refractivity contribution in [3.8, 4) is 0 Å². The molecule has 1 atom stereocenters. The second-order valence-electron chi connectivity index (χ2n) is 6.49. The number of nitrogens with one attached hydrogen (secondary N) is 1. The lowest BCUT2D eigenvalue weighted by Crippen LogP contribution is -2.43. The first-order chi connectivity index (χ1) is 12.9. The average molecular weight is 395 g/mol. The van der Waals surface area contributed by atoms with Crippen molar-refractivity contribution in [1.29, 1.82) is 0 Å². The first kappa shape index (κ1) is 20.9. The normalized spacial score (nSPS) is 17.1. The molecule has 0 saturated carbocycles. The largest absolute Gasteiger partial charge is 0.480 e. The summed E-state index contributed by atoms with van der Waals surface area (Å²) in [6.07, 6.45) is 2.15. The molecule has 1 unspecified atom stereocenters. The summed E-state index contributed by atoms with van der Waals surface area (Å²) in [5.74, 6) is -1.53. The molecule has 2 rings (SSSR count). The van der Waals surface area contributed by atoms with Crippen LogP contribution in [0.2, 0.25) is 0 Å². The summed E-state index contributed by atoms with van der Waals surface area (Å²) in [6, 6.07) is 3.36. The number of aliphatic carboxylic acids is 1. The van der Waals surface area contributed by atoms with Crippen molar-refractivity contribution in [3.63, 3.8) is 0 Å². The Bertz CT molecular complexity index is 677. The number of carbonyl (C=O) groups is 4. The number of amides is 3. The van der Waals surface area contributed by atoms with Crippen LogP contribution in [-0.4, -0.2) is 70.8 Å². The molecule has 3 amide bonds. The van der Waals surface area contributed by atoms with Crippen molar-refractivity contribution in [2.45, 2.75) is 38.6 Å². The van der Waals surface area contributed by atoms with Gasteiger partial charge in [-0.1, -0.05) is 6.07 Å². The van der Waals surface area contributed by atoms with Gasteiger partial charge in [0.2, 0.25) is 11.8 Å². The van der Waals surface area contributed by atoms with E-state index in [2.05, 4.69) is 5.32 Å². The molecule has 1 aromatic heterocycles. The summed E-state index contributed by atoms with van der Waals surface area (Å²) in [6.45, 7) is 2.38. The van der Waals surface area contributed by atoms with Crippen LogP contribution in [0.4, 0.5) is 0 Å². The molecule has 8 nitrogen and oxygen atoms in total. The molecular weight excluding hydrogens is 370 g/mol. The lowest BCUT2D eigenvalue weighted by atomic mass is 10.1.